The molecule has 3 heterocycles. The zero-order valence-electron chi connectivity index (χ0n) is 17.0. The minimum Gasteiger partial charge on any atom is -0.471 e. The van der Waals surface area contributed by atoms with Crippen molar-refractivity contribution in [1.29, 1.82) is 0 Å². The molecule has 7 nitrogen and oxygen atoms in total. The fraction of sp³-hybridized carbons (Fsp3) is 0.682. The van der Waals surface area contributed by atoms with Gasteiger partial charge in [0, 0.05) is 6.61 Å². The second kappa shape index (κ2) is 8.67. The molecule has 4 aliphatic rings. The van der Waals surface area contributed by atoms with Gasteiger partial charge >= 0.3 is 6.09 Å². The Morgan fingerprint density at radius 1 is 1.10 bits per heavy atom. The van der Waals surface area contributed by atoms with E-state index in [4.69, 9.17) is 19.2 Å². The molecular formula is C22H28N2O5S. The molecule has 162 valence electrons. The van der Waals surface area contributed by atoms with Gasteiger partial charge in [-0.2, -0.15) is 0 Å². The summed E-state index contributed by atoms with van der Waals surface area (Å²) in [6, 6.07) is 4.37. The molecule has 0 aromatic carbocycles. The number of rotatable bonds is 6. The first kappa shape index (κ1) is 20.0. The van der Waals surface area contributed by atoms with E-state index in [1.54, 1.807) is 11.3 Å². The van der Waals surface area contributed by atoms with Gasteiger partial charge in [-0.15, -0.1) is 11.3 Å². The number of alkyl carbamates (subject to hydrolysis) is 1. The van der Waals surface area contributed by atoms with Crippen molar-refractivity contribution in [3.05, 3.63) is 22.4 Å². The molecule has 0 bridgehead atoms. The standard InChI is InChI=1S/C22H28N2O5S/c25-20-18(29-22(26)24-20)11-13-3-6-15(7-4-13)27-12-14-5-8-17-16(10-14)23-21(28-17)19-2-1-9-30-19/h1-2,9,13-18H,3-8,10-12H2,(H,24,25,26). The van der Waals surface area contributed by atoms with E-state index in [1.807, 2.05) is 6.07 Å². The Labute approximate surface area is 180 Å². The van der Waals surface area contributed by atoms with E-state index in [0.29, 0.717) is 24.4 Å². The predicted molar refractivity (Wildman–Crippen MR) is 112 cm³/mol. The molecule has 1 aromatic heterocycles. The first-order valence-corrected chi connectivity index (χ1v) is 11.9. The van der Waals surface area contributed by atoms with Crippen LogP contribution in [0, 0.1) is 11.8 Å². The maximum atomic E-state index is 11.7. The maximum absolute atomic E-state index is 11.7. The second-order valence-corrected chi connectivity index (χ2v) is 9.86. The Bertz CT molecular complexity index is 802. The molecule has 2 saturated carbocycles. The highest BCUT2D eigenvalue weighted by molar-refractivity contribution is 7.12. The summed E-state index contributed by atoms with van der Waals surface area (Å²) >= 11 is 1.68. The summed E-state index contributed by atoms with van der Waals surface area (Å²) < 4.78 is 17.4. The lowest BCUT2D eigenvalue weighted by Gasteiger charge is -2.33. The van der Waals surface area contributed by atoms with Crippen LogP contribution < -0.4 is 5.32 Å². The molecule has 0 spiro atoms. The number of ether oxygens (including phenoxy) is 3. The fourth-order valence-corrected chi connectivity index (χ4v) is 5.79. The van der Waals surface area contributed by atoms with Crippen molar-refractivity contribution in [2.45, 2.75) is 75.7 Å². The van der Waals surface area contributed by atoms with Gasteiger partial charge in [0.1, 0.15) is 6.10 Å². The molecule has 1 aromatic rings. The molecule has 30 heavy (non-hydrogen) atoms. The summed E-state index contributed by atoms with van der Waals surface area (Å²) in [4.78, 5) is 28.8. The summed E-state index contributed by atoms with van der Waals surface area (Å²) in [5.41, 5.74) is 0. The normalized spacial score (nSPS) is 35.9. The Hall–Kier alpha value is -1.93. The van der Waals surface area contributed by atoms with Gasteiger partial charge in [-0.25, -0.2) is 9.79 Å². The number of thiophene rings is 1. The Balaban J connectivity index is 1.04. The number of hydrogen-bond acceptors (Lipinski definition) is 7. The fourth-order valence-electron chi connectivity index (χ4n) is 5.13. The van der Waals surface area contributed by atoms with Crippen LogP contribution in [0.1, 0.15) is 56.2 Å². The molecule has 2 aliphatic heterocycles. The highest BCUT2D eigenvalue weighted by Gasteiger charge is 2.38. The SMILES string of the molecule is O=C1NC(=O)C(CC2CCC(OCC3CCC4OC(c5cccs5)=NC4C3)CC2)O1. The highest BCUT2D eigenvalue weighted by atomic mass is 32.1. The van der Waals surface area contributed by atoms with Gasteiger partial charge in [0.2, 0.25) is 5.90 Å². The molecule has 2 amide bonds. The van der Waals surface area contributed by atoms with Crippen molar-refractivity contribution >= 4 is 29.2 Å². The van der Waals surface area contributed by atoms with E-state index in [-0.39, 0.29) is 18.1 Å². The molecule has 1 N–H and O–H groups in total. The van der Waals surface area contributed by atoms with Crippen LogP contribution in [0.2, 0.25) is 0 Å². The topological polar surface area (TPSA) is 86.2 Å². The Morgan fingerprint density at radius 3 is 2.67 bits per heavy atom. The number of carbonyl (C=O) groups is 2. The zero-order chi connectivity index (χ0) is 20.5. The quantitative estimate of drug-likeness (QED) is 0.741. The van der Waals surface area contributed by atoms with Gasteiger partial charge in [0.25, 0.3) is 5.91 Å². The molecular weight excluding hydrogens is 404 g/mol. The number of fused-ring (bicyclic) bond motifs is 1. The second-order valence-electron chi connectivity index (χ2n) is 8.91. The first-order chi connectivity index (χ1) is 14.6. The van der Waals surface area contributed by atoms with Crippen molar-refractivity contribution in [2.75, 3.05) is 6.61 Å². The minimum atomic E-state index is -0.615. The van der Waals surface area contributed by atoms with Gasteiger partial charge < -0.3 is 14.2 Å². The predicted octanol–water partition coefficient (Wildman–Crippen LogP) is 3.66. The van der Waals surface area contributed by atoms with Crippen LogP contribution in [-0.4, -0.2) is 48.9 Å². The number of aliphatic imine (C=N–C) groups is 1. The number of nitrogens with zero attached hydrogens (tertiary/aromatic N) is 1. The van der Waals surface area contributed by atoms with Gasteiger partial charge in [-0.3, -0.25) is 10.1 Å². The van der Waals surface area contributed by atoms with Crippen LogP contribution in [0.5, 0.6) is 0 Å². The lowest BCUT2D eigenvalue weighted by Crippen LogP contribution is -2.34. The molecule has 3 fully saturated rings. The zero-order valence-corrected chi connectivity index (χ0v) is 17.8. The molecule has 5 rings (SSSR count). The van der Waals surface area contributed by atoms with Gasteiger partial charge in [0.15, 0.2) is 6.10 Å². The average Bonchev–Trinajstić information content (AvgIpc) is 3.47. The van der Waals surface area contributed by atoms with Crippen molar-refractivity contribution < 1.29 is 23.8 Å². The third-order valence-corrected chi connectivity index (χ3v) is 7.68. The van der Waals surface area contributed by atoms with E-state index in [2.05, 4.69) is 16.8 Å². The Morgan fingerprint density at radius 2 is 1.93 bits per heavy atom. The van der Waals surface area contributed by atoms with Gasteiger partial charge in [-0.05, 0) is 74.6 Å². The van der Waals surface area contributed by atoms with Crippen LogP contribution in [0.4, 0.5) is 4.79 Å². The molecule has 4 atom stereocenters. The number of imide groups is 1. The number of cyclic esters (lactones) is 1. The number of amides is 2. The maximum Gasteiger partial charge on any atom is 0.414 e. The average molecular weight is 433 g/mol. The summed E-state index contributed by atoms with van der Waals surface area (Å²) in [7, 11) is 0. The van der Waals surface area contributed by atoms with Crippen LogP contribution in [0.25, 0.3) is 0 Å². The molecule has 2 aliphatic carbocycles. The molecule has 0 radical (unpaired) electrons. The molecule has 1 saturated heterocycles. The van der Waals surface area contributed by atoms with E-state index < -0.39 is 12.2 Å². The lowest BCUT2D eigenvalue weighted by atomic mass is 9.83. The third kappa shape index (κ3) is 4.39. The highest BCUT2D eigenvalue weighted by Crippen LogP contribution is 2.36. The summed E-state index contributed by atoms with van der Waals surface area (Å²) in [6.45, 7) is 0.797. The van der Waals surface area contributed by atoms with Crippen LogP contribution in [-0.2, 0) is 19.0 Å². The van der Waals surface area contributed by atoms with Crippen LogP contribution in [0.15, 0.2) is 22.5 Å². The molecule has 8 heteroatoms. The van der Waals surface area contributed by atoms with Crippen molar-refractivity contribution in [3.8, 4) is 0 Å². The van der Waals surface area contributed by atoms with Crippen LogP contribution >= 0.6 is 11.3 Å². The largest absolute Gasteiger partial charge is 0.471 e. The van der Waals surface area contributed by atoms with Crippen LogP contribution in [0.3, 0.4) is 0 Å². The number of hydrogen-bond donors (Lipinski definition) is 1. The van der Waals surface area contributed by atoms with Crippen molar-refractivity contribution in [3.63, 3.8) is 0 Å². The molecule has 4 unspecified atom stereocenters. The number of carbonyl (C=O) groups excluding carboxylic acids is 2. The smallest absolute Gasteiger partial charge is 0.414 e. The minimum absolute atomic E-state index is 0.232. The monoisotopic (exact) mass is 432 g/mol. The summed E-state index contributed by atoms with van der Waals surface area (Å²) in [5, 5.41) is 4.27. The first-order valence-electron chi connectivity index (χ1n) is 11.1. The summed E-state index contributed by atoms with van der Waals surface area (Å²) in [5.74, 6) is 1.49. The lowest BCUT2D eigenvalue weighted by molar-refractivity contribution is -0.124. The Kier molecular flexibility index (Phi) is 5.78. The van der Waals surface area contributed by atoms with E-state index in [9.17, 15) is 9.59 Å². The van der Waals surface area contributed by atoms with E-state index in [1.165, 1.54) is 0 Å². The van der Waals surface area contributed by atoms with E-state index in [0.717, 1.165) is 62.3 Å². The van der Waals surface area contributed by atoms with Crippen molar-refractivity contribution in [1.82, 2.24) is 5.32 Å². The van der Waals surface area contributed by atoms with Crippen molar-refractivity contribution in [2.24, 2.45) is 16.8 Å². The number of nitrogens with one attached hydrogen (secondary N) is 1. The van der Waals surface area contributed by atoms with Gasteiger partial charge in [-0.1, -0.05) is 6.07 Å². The van der Waals surface area contributed by atoms with E-state index >= 15 is 0 Å². The third-order valence-electron chi connectivity index (χ3n) is 6.82. The van der Waals surface area contributed by atoms with Gasteiger partial charge in [0.05, 0.1) is 17.0 Å². The summed E-state index contributed by atoms with van der Waals surface area (Å²) in [6.07, 6.45) is 7.20.